The van der Waals surface area contributed by atoms with Gasteiger partial charge in [-0.15, -0.1) is 11.8 Å². The Bertz CT molecular complexity index is 488. The molecular formula is C16H22N2OS. The molecule has 108 valence electrons. The first-order chi connectivity index (χ1) is 9.74. The van der Waals surface area contributed by atoms with Gasteiger partial charge in [0.25, 0.3) is 5.91 Å². The van der Waals surface area contributed by atoms with Crippen LogP contribution < -0.4 is 5.32 Å². The molecule has 3 atom stereocenters. The van der Waals surface area contributed by atoms with Crippen molar-refractivity contribution in [1.82, 2.24) is 10.2 Å². The number of carbonyl (C=O) groups is 1. The van der Waals surface area contributed by atoms with E-state index >= 15 is 0 Å². The number of amides is 1. The first-order valence-electron chi connectivity index (χ1n) is 7.40. The van der Waals surface area contributed by atoms with Gasteiger partial charge in [-0.25, -0.2) is 0 Å². The van der Waals surface area contributed by atoms with Crippen molar-refractivity contribution >= 4 is 17.7 Å². The molecule has 0 spiro atoms. The van der Waals surface area contributed by atoms with Crippen LogP contribution in [0.3, 0.4) is 0 Å². The fourth-order valence-electron chi connectivity index (χ4n) is 3.68. The topological polar surface area (TPSA) is 32.3 Å². The normalized spacial score (nSPS) is 28.7. The zero-order chi connectivity index (χ0) is 14.1. The van der Waals surface area contributed by atoms with Crippen LogP contribution in [0.4, 0.5) is 0 Å². The number of nitrogens with zero attached hydrogens (tertiary/aromatic N) is 1. The third-order valence-corrected chi connectivity index (χ3v) is 5.48. The number of thioether (sulfide) groups is 1. The summed E-state index contributed by atoms with van der Waals surface area (Å²) in [6.07, 6.45) is 3.11. The zero-order valence-electron chi connectivity index (χ0n) is 12.1. The minimum Gasteiger partial charge on any atom is -0.335 e. The molecule has 1 aromatic rings. The monoisotopic (exact) mass is 290 g/mol. The summed E-state index contributed by atoms with van der Waals surface area (Å²) in [5.74, 6) is 1.50. The fourth-order valence-corrected chi connectivity index (χ4v) is 4.09. The van der Waals surface area contributed by atoms with Crippen LogP contribution in [0.1, 0.15) is 23.7 Å². The molecule has 20 heavy (non-hydrogen) atoms. The van der Waals surface area contributed by atoms with Crippen molar-refractivity contribution in [2.75, 3.05) is 25.9 Å². The number of benzene rings is 1. The summed E-state index contributed by atoms with van der Waals surface area (Å²) in [6.45, 7) is 5.25. The Kier molecular flexibility index (Phi) is 4.03. The van der Waals surface area contributed by atoms with Crippen molar-refractivity contribution < 1.29 is 4.79 Å². The van der Waals surface area contributed by atoms with Gasteiger partial charge in [0.15, 0.2) is 0 Å². The summed E-state index contributed by atoms with van der Waals surface area (Å²) in [4.78, 5) is 16.1. The SMILES string of the molecule is CCC1C2CNCC2CN1C(=O)c1ccc(SC)cc1. The highest BCUT2D eigenvalue weighted by atomic mass is 32.2. The first kappa shape index (κ1) is 14.0. The van der Waals surface area contributed by atoms with Crippen LogP contribution in [0.25, 0.3) is 0 Å². The van der Waals surface area contributed by atoms with Gasteiger partial charge in [-0.05, 0) is 48.8 Å². The first-order valence-corrected chi connectivity index (χ1v) is 8.62. The van der Waals surface area contributed by atoms with E-state index in [0.717, 1.165) is 31.6 Å². The van der Waals surface area contributed by atoms with Gasteiger partial charge in [0, 0.05) is 36.1 Å². The second kappa shape index (κ2) is 5.78. The lowest BCUT2D eigenvalue weighted by molar-refractivity contribution is 0.0711. The summed E-state index contributed by atoms with van der Waals surface area (Å²) >= 11 is 1.71. The van der Waals surface area contributed by atoms with Gasteiger partial charge in [-0.1, -0.05) is 6.92 Å². The van der Waals surface area contributed by atoms with Crippen molar-refractivity contribution in [1.29, 1.82) is 0 Å². The van der Waals surface area contributed by atoms with E-state index < -0.39 is 0 Å². The Labute approximate surface area is 125 Å². The molecule has 0 bridgehead atoms. The molecule has 0 saturated carbocycles. The van der Waals surface area contributed by atoms with Crippen LogP contribution in [-0.4, -0.2) is 42.7 Å². The standard InChI is InChI=1S/C16H22N2OS/c1-3-15-14-9-17-8-12(14)10-18(15)16(19)11-4-6-13(20-2)7-5-11/h4-7,12,14-15,17H,3,8-10H2,1-2H3. The van der Waals surface area contributed by atoms with Crippen molar-refractivity contribution in [2.24, 2.45) is 11.8 Å². The lowest BCUT2D eigenvalue weighted by Gasteiger charge is -2.27. The minimum atomic E-state index is 0.207. The molecule has 1 N–H and O–H groups in total. The van der Waals surface area contributed by atoms with Crippen LogP contribution in [-0.2, 0) is 0 Å². The summed E-state index contributed by atoms with van der Waals surface area (Å²) < 4.78 is 0. The zero-order valence-corrected chi connectivity index (χ0v) is 13.0. The van der Waals surface area contributed by atoms with Crippen LogP contribution in [0.5, 0.6) is 0 Å². The van der Waals surface area contributed by atoms with Crippen LogP contribution >= 0.6 is 11.8 Å². The Balaban J connectivity index is 1.79. The molecule has 2 aliphatic rings. The molecule has 0 aliphatic carbocycles. The lowest BCUT2D eigenvalue weighted by atomic mass is 9.93. The third-order valence-electron chi connectivity index (χ3n) is 4.73. The average Bonchev–Trinajstić information content (AvgIpc) is 3.06. The Morgan fingerprint density at radius 2 is 2.10 bits per heavy atom. The number of carbonyl (C=O) groups excluding carboxylic acids is 1. The molecule has 2 saturated heterocycles. The maximum absolute atomic E-state index is 12.7. The highest BCUT2D eigenvalue weighted by molar-refractivity contribution is 7.98. The molecule has 0 radical (unpaired) electrons. The van der Waals surface area contributed by atoms with Crippen LogP contribution in [0.2, 0.25) is 0 Å². The highest BCUT2D eigenvalue weighted by Crippen LogP contribution is 2.35. The van der Waals surface area contributed by atoms with E-state index in [-0.39, 0.29) is 5.91 Å². The number of fused-ring (bicyclic) bond motifs is 1. The van der Waals surface area contributed by atoms with E-state index in [1.54, 1.807) is 11.8 Å². The number of hydrogen-bond donors (Lipinski definition) is 1. The van der Waals surface area contributed by atoms with Gasteiger partial charge in [0.05, 0.1) is 0 Å². The van der Waals surface area contributed by atoms with Gasteiger partial charge < -0.3 is 10.2 Å². The van der Waals surface area contributed by atoms with E-state index in [4.69, 9.17) is 0 Å². The molecule has 2 heterocycles. The molecule has 3 unspecified atom stereocenters. The van der Waals surface area contributed by atoms with E-state index in [2.05, 4.69) is 23.4 Å². The van der Waals surface area contributed by atoms with Crippen molar-refractivity contribution in [2.45, 2.75) is 24.3 Å². The van der Waals surface area contributed by atoms with Gasteiger partial charge in [0.2, 0.25) is 0 Å². The summed E-state index contributed by atoms with van der Waals surface area (Å²) in [5.41, 5.74) is 0.828. The average molecular weight is 290 g/mol. The second-order valence-corrected chi connectivity index (χ2v) is 6.62. The second-order valence-electron chi connectivity index (χ2n) is 5.74. The van der Waals surface area contributed by atoms with Gasteiger partial charge in [0.1, 0.15) is 0 Å². The van der Waals surface area contributed by atoms with E-state index in [1.807, 2.05) is 24.3 Å². The molecular weight excluding hydrogens is 268 g/mol. The molecule has 4 heteroatoms. The fraction of sp³-hybridized carbons (Fsp3) is 0.562. The number of rotatable bonds is 3. The van der Waals surface area contributed by atoms with Crippen molar-refractivity contribution in [3.63, 3.8) is 0 Å². The predicted octanol–water partition coefficient (Wildman–Crippen LogP) is 2.48. The molecule has 2 aliphatic heterocycles. The molecule has 0 aromatic heterocycles. The van der Waals surface area contributed by atoms with Crippen molar-refractivity contribution in [3.05, 3.63) is 29.8 Å². The van der Waals surface area contributed by atoms with Crippen molar-refractivity contribution in [3.8, 4) is 0 Å². The molecule has 3 nitrogen and oxygen atoms in total. The largest absolute Gasteiger partial charge is 0.335 e. The van der Waals surface area contributed by atoms with E-state index in [1.165, 1.54) is 4.90 Å². The maximum Gasteiger partial charge on any atom is 0.254 e. The van der Waals surface area contributed by atoms with Gasteiger partial charge in [-0.3, -0.25) is 4.79 Å². The van der Waals surface area contributed by atoms with Crippen LogP contribution in [0.15, 0.2) is 29.2 Å². The maximum atomic E-state index is 12.7. The van der Waals surface area contributed by atoms with Gasteiger partial charge in [-0.2, -0.15) is 0 Å². The predicted molar refractivity (Wildman–Crippen MR) is 83.2 cm³/mol. The molecule has 2 fully saturated rings. The van der Waals surface area contributed by atoms with Gasteiger partial charge >= 0.3 is 0 Å². The third kappa shape index (κ3) is 2.35. The van der Waals surface area contributed by atoms with Crippen LogP contribution in [0, 0.1) is 11.8 Å². The summed E-state index contributed by atoms with van der Waals surface area (Å²) in [5, 5.41) is 3.46. The lowest BCUT2D eigenvalue weighted by Crippen LogP contribution is -2.39. The molecule has 3 rings (SSSR count). The molecule has 1 amide bonds. The smallest absolute Gasteiger partial charge is 0.254 e. The minimum absolute atomic E-state index is 0.207. The highest BCUT2D eigenvalue weighted by Gasteiger charge is 2.45. The number of likely N-dealkylation sites (tertiary alicyclic amines) is 1. The Morgan fingerprint density at radius 3 is 2.75 bits per heavy atom. The Hall–Kier alpha value is -1.00. The number of hydrogen-bond acceptors (Lipinski definition) is 3. The van der Waals surface area contributed by atoms with E-state index in [0.29, 0.717) is 17.9 Å². The van der Waals surface area contributed by atoms with E-state index in [9.17, 15) is 4.79 Å². The number of nitrogens with one attached hydrogen (secondary N) is 1. The summed E-state index contributed by atoms with van der Waals surface area (Å²) in [6, 6.07) is 8.41. The summed E-state index contributed by atoms with van der Waals surface area (Å²) in [7, 11) is 0. The Morgan fingerprint density at radius 1 is 1.35 bits per heavy atom. The quantitative estimate of drug-likeness (QED) is 0.868. The molecule has 1 aromatic carbocycles.